The molecular formula is C14H11N3O2. The largest absolute Gasteiger partial charge is 0.471 e. The van der Waals surface area contributed by atoms with Gasteiger partial charge in [0.2, 0.25) is 5.88 Å². The SMILES string of the molecule is O=Cc1cccnc1OCc1cn2ccccc2n1. The molecule has 3 aromatic rings. The molecule has 0 aliphatic heterocycles. The van der Waals surface area contributed by atoms with E-state index in [1.165, 1.54) is 0 Å². The van der Waals surface area contributed by atoms with E-state index in [0.29, 0.717) is 11.4 Å². The number of carbonyl (C=O) groups is 1. The number of nitrogens with zero attached hydrogens (tertiary/aromatic N) is 3. The van der Waals surface area contributed by atoms with Gasteiger partial charge in [0.25, 0.3) is 0 Å². The third kappa shape index (κ3) is 2.30. The number of ether oxygens (including phenoxy) is 1. The summed E-state index contributed by atoms with van der Waals surface area (Å²) in [6, 6.07) is 9.14. The Morgan fingerprint density at radius 2 is 2.21 bits per heavy atom. The predicted octanol–water partition coefficient (Wildman–Crippen LogP) is 2.12. The maximum Gasteiger partial charge on any atom is 0.224 e. The van der Waals surface area contributed by atoms with Crippen molar-refractivity contribution in [3.05, 3.63) is 60.2 Å². The molecule has 94 valence electrons. The van der Waals surface area contributed by atoms with Crippen molar-refractivity contribution in [3.8, 4) is 5.88 Å². The number of pyridine rings is 2. The van der Waals surface area contributed by atoms with Gasteiger partial charge in [0.1, 0.15) is 12.3 Å². The van der Waals surface area contributed by atoms with Gasteiger partial charge < -0.3 is 9.14 Å². The molecule has 3 rings (SSSR count). The van der Waals surface area contributed by atoms with Crippen molar-refractivity contribution in [2.24, 2.45) is 0 Å². The summed E-state index contributed by atoms with van der Waals surface area (Å²) < 4.78 is 7.44. The van der Waals surface area contributed by atoms with E-state index in [9.17, 15) is 4.79 Å². The van der Waals surface area contributed by atoms with Gasteiger partial charge in [0, 0.05) is 18.6 Å². The lowest BCUT2D eigenvalue weighted by molar-refractivity contribution is 0.111. The molecular weight excluding hydrogens is 242 g/mol. The van der Waals surface area contributed by atoms with E-state index in [2.05, 4.69) is 9.97 Å². The van der Waals surface area contributed by atoms with Gasteiger partial charge in [-0.25, -0.2) is 9.97 Å². The molecule has 5 heteroatoms. The Balaban J connectivity index is 1.80. The molecule has 0 radical (unpaired) electrons. The van der Waals surface area contributed by atoms with Crippen LogP contribution >= 0.6 is 0 Å². The number of carbonyl (C=O) groups excluding carboxylic acids is 1. The topological polar surface area (TPSA) is 56.5 Å². The van der Waals surface area contributed by atoms with Crippen LogP contribution in [0, 0.1) is 0 Å². The van der Waals surface area contributed by atoms with Gasteiger partial charge in [0.15, 0.2) is 6.29 Å². The number of aldehydes is 1. The van der Waals surface area contributed by atoms with Crippen LogP contribution in [0.3, 0.4) is 0 Å². The van der Waals surface area contributed by atoms with Gasteiger partial charge in [-0.05, 0) is 24.3 Å². The molecule has 0 aliphatic rings. The summed E-state index contributed by atoms with van der Waals surface area (Å²) in [6.45, 7) is 0.277. The van der Waals surface area contributed by atoms with E-state index in [-0.39, 0.29) is 6.61 Å². The quantitative estimate of drug-likeness (QED) is 0.668. The van der Waals surface area contributed by atoms with E-state index in [1.54, 1.807) is 18.3 Å². The lowest BCUT2D eigenvalue weighted by atomic mass is 10.3. The van der Waals surface area contributed by atoms with Crippen LogP contribution in [-0.4, -0.2) is 20.7 Å². The molecule has 0 unspecified atom stereocenters. The lowest BCUT2D eigenvalue weighted by Crippen LogP contribution is -2.00. The summed E-state index contributed by atoms with van der Waals surface area (Å²) in [7, 11) is 0. The zero-order valence-corrected chi connectivity index (χ0v) is 10.1. The minimum Gasteiger partial charge on any atom is -0.471 e. The maximum atomic E-state index is 10.8. The van der Waals surface area contributed by atoms with Gasteiger partial charge in [-0.2, -0.15) is 0 Å². The van der Waals surface area contributed by atoms with Crippen LogP contribution in [-0.2, 0) is 6.61 Å². The van der Waals surface area contributed by atoms with Crippen LogP contribution in [0.25, 0.3) is 5.65 Å². The molecule has 0 aliphatic carbocycles. The second-order valence-corrected chi connectivity index (χ2v) is 4.00. The first-order valence-corrected chi connectivity index (χ1v) is 5.82. The summed E-state index contributed by atoms with van der Waals surface area (Å²) in [4.78, 5) is 19.3. The molecule has 0 saturated carbocycles. The molecule has 19 heavy (non-hydrogen) atoms. The van der Waals surface area contributed by atoms with Crippen molar-refractivity contribution in [3.63, 3.8) is 0 Å². The number of rotatable bonds is 4. The Morgan fingerprint density at radius 1 is 1.26 bits per heavy atom. The fraction of sp³-hybridized carbons (Fsp3) is 0.0714. The zero-order valence-electron chi connectivity index (χ0n) is 10.1. The average molecular weight is 253 g/mol. The van der Waals surface area contributed by atoms with Crippen molar-refractivity contribution < 1.29 is 9.53 Å². The summed E-state index contributed by atoms with van der Waals surface area (Å²) in [5.74, 6) is 0.328. The Labute approximate surface area is 109 Å². The van der Waals surface area contributed by atoms with Gasteiger partial charge in [-0.1, -0.05) is 6.07 Å². The number of hydrogen-bond acceptors (Lipinski definition) is 4. The fourth-order valence-corrected chi connectivity index (χ4v) is 1.81. The Morgan fingerprint density at radius 3 is 3.05 bits per heavy atom. The molecule has 5 nitrogen and oxygen atoms in total. The van der Waals surface area contributed by atoms with Crippen LogP contribution in [0.15, 0.2) is 48.9 Å². The fourth-order valence-electron chi connectivity index (χ4n) is 1.81. The molecule has 0 saturated heterocycles. The molecule has 0 aromatic carbocycles. The molecule has 0 fully saturated rings. The summed E-state index contributed by atoms with van der Waals surface area (Å²) >= 11 is 0. The van der Waals surface area contributed by atoms with E-state index >= 15 is 0 Å². The number of fused-ring (bicyclic) bond motifs is 1. The highest BCUT2D eigenvalue weighted by molar-refractivity contribution is 5.77. The van der Waals surface area contributed by atoms with Crippen LogP contribution in [0.1, 0.15) is 16.1 Å². The lowest BCUT2D eigenvalue weighted by Gasteiger charge is -2.04. The maximum absolute atomic E-state index is 10.8. The first-order chi connectivity index (χ1) is 9.36. The Kier molecular flexibility index (Phi) is 2.94. The van der Waals surface area contributed by atoms with Gasteiger partial charge in [0.05, 0.1) is 11.3 Å². The van der Waals surface area contributed by atoms with E-state index < -0.39 is 0 Å². The molecule has 3 aromatic heterocycles. The van der Waals surface area contributed by atoms with Gasteiger partial charge in [-0.15, -0.1) is 0 Å². The van der Waals surface area contributed by atoms with Crippen molar-refractivity contribution in [1.82, 2.24) is 14.4 Å². The molecule has 3 heterocycles. The summed E-state index contributed by atoms with van der Waals surface area (Å²) in [6.07, 6.45) is 6.13. The highest BCUT2D eigenvalue weighted by Crippen LogP contribution is 2.14. The minimum atomic E-state index is 0.277. The highest BCUT2D eigenvalue weighted by atomic mass is 16.5. The molecule has 0 bridgehead atoms. The predicted molar refractivity (Wildman–Crippen MR) is 69.1 cm³/mol. The third-order valence-electron chi connectivity index (χ3n) is 2.70. The average Bonchev–Trinajstić information content (AvgIpc) is 2.88. The first-order valence-electron chi connectivity index (χ1n) is 5.82. The minimum absolute atomic E-state index is 0.277. The van der Waals surface area contributed by atoms with Crippen LogP contribution < -0.4 is 4.74 Å². The molecule has 0 N–H and O–H groups in total. The van der Waals surface area contributed by atoms with E-state index in [0.717, 1.165) is 17.6 Å². The molecule has 0 atom stereocenters. The second kappa shape index (κ2) is 4.89. The highest BCUT2D eigenvalue weighted by Gasteiger charge is 2.06. The van der Waals surface area contributed by atoms with Crippen molar-refractivity contribution >= 4 is 11.9 Å². The van der Waals surface area contributed by atoms with Gasteiger partial charge >= 0.3 is 0 Å². The van der Waals surface area contributed by atoms with Crippen molar-refractivity contribution in [2.45, 2.75) is 6.61 Å². The smallest absolute Gasteiger partial charge is 0.224 e. The van der Waals surface area contributed by atoms with Crippen LogP contribution in [0.5, 0.6) is 5.88 Å². The molecule has 0 spiro atoms. The van der Waals surface area contributed by atoms with E-state index in [4.69, 9.17) is 4.74 Å². The Bertz CT molecular complexity index is 688. The van der Waals surface area contributed by atoms with Crippen LogP contribution in [0.2, 0.25) is 0 Å². The second-order valence-electron chi connectivity index (χ2n) is 4.00. The van der Waals surface area contributed by atoms with Crippen LogP contribution in [0.4, 0.5) is 0 Å². The molecule has 0 amide bonds. The third-order valence-corrected chi connectivity index (χ3v) is 2.70. The number of aromatic nitrogens is 3. The zero-order chi connectivity index (χ0) is 13.1. The summed E-state index contributed by atoms with van der Waals surface area (Å²) in [5.41, 5.74) is 2.08. The van der Waals surface area contributed by atoms with Gasteiger partial charge in [-0.3, -0.25) is 4.79 Å². The first kappa shape index (κ1) is 11.4. The normalized spacial score (nSPS) is 10.5. The number of imidazole rings is 1. The van der Waals surface area contributed by atoms with E-state index in [1.807, 2.05) is 35.0 Å². The van der Waals surface area contributed by atoms with Crippen molar-refractivity contribution in [1.29, 1.82) is 0 Å². The number of hydrogen-bond donors (Lipinski definition) is 0. The summed E-state index contributed by atoms with van der Waals surface area (Å²) in [5, 5.41) is 0. The Hall–Kier alpha value is -2.69. The van der Waals surface area contributed by atoms with Crippen molar-refractivity contribution in [2.75, 3.05) is 0 Å². The monoisotopic (exact) mass is 253 g/mol. The standard InChI is InChI=1S/C14H11N3O2/c18-9-11-4-3-6-15-14(11)19-10-12-8-17-7-2-1-5-13(17)16-12/h1-9H,10H2.